The number of nitrogens with zero attached hydrogens (tertiary/aromatic N) is 1. The number of hydrogen-bond acceptors (Lipinski definition) is 2. The van der Waals surface area contributed by atoms with Gasteiger partial charge in [0.1, 0.15) is 11.2 Å². The Morgan fingerprint density at radius 3 is 2.35 bits per heavy atom. The van der Waals surface area contributed by atoms with Gasteiger partial charge in [0.15, 0.2) is 0 Å². The summed E-state index contributed by atoms with van der Waals surface area (Å²) in [6.07, 6.45) is 1.97. The lowest BCUT2D eigenvalue weighted by atomic mass is 9.88. The summed E-state index contributed by atoms with van der Waals surface area (Å²) < 4.78 is 5.96. The van der Waals surface area contributed by atoms with E-state index in [1.54, 1.807) is 0 Å². The van der Waals surface area contributed by atoms with Crippen LogP contribution in [-0.4, -0.2) is 4.98 Å². The molecular weight excluding hydrogens is 282 g/mol. The van der Waals surface area contributed by atoms with E-state index in [2.05, 4.69) is 62.2 Å². The van der Waals surface area contributed by atoms with Crippen molar-refractivity contribution in [1.29, 1.82) is 0 Å². The Labute approximate surface area is 135 Å². The van der Waals surface area contributed by atoms with Gasteiger partial charge in [-0.2, -0.15) is 0 Å². The van der Waals surface area contributed by atoms with E-state index in [9.17, 15) is 0 Å². The van der Waals surface area contributed by atoms with E-state index in [1.165, 1.54) is 5.56 Å². The van der Waals surface area contributed by atoms with Crippen LogP contribution in [0.25, 0.3) is 33.2 Å². The van der Waals surface area contributed by atoms with Crippen LogP contribution in [0.5, 0.6) is 0 Å². The molecule has 0 aliphatic carbocycles. The topological polar surface area (TPSA) is 26.0 Å². The van der Waals surface area contributed by atoms with Crippen molar-refractivity contribution < 1.29 is 4.42 Å². The number of fused-ring (bicyclic) bond motifs is 3. The summed E-state index contributed by atoms with van der Waals surface area (Å²) in [6, 6.07) is 18.7. The van der Waals surface area contributed by atoms with E-state index >= 15 is 0 Å². The summed E-state index contributed by atoms with van der Waals surface area (Å²) >= 11 is 0. The standard InChI is InChI=1S/C21H19NO/c1-21(2,3)15-9-11-18(22-13-15)14-8-10-17-16-6-4-5-7-19(16)23-20(17)12-14/h4-13H,1-3H3. The van der Waals surface area contributed by atoms with Crippen LogP contribution >= 0.6 is 0 Å². The number of benzene rings is 2. The second kappa shape index (κ2) is 4.95. The van der Waals surface area contributed by atoms with E-state index in [0.717, 1.165) is 33.2 Å². The minimum absolute atomic E-state index is 0.119. The first-order valence-electron chi connectivity index (χ1n) is 7.90. The molecule has 2 heterocycles. The second-order valence-corrected chi connectivity index (χ2v) is 6.99. The molecule has 2 aromatic heterocycles. The van der Waals surface area contributed by atoms with Crippen molar-refractivity contribution >= 4 is 21.9 Å². The summed E-state index contributed by atoms with van der Waals surface area (Å²) in [5.74, 6) is 0. The molecule has 4 aromatic rings. The summed E-state index contributed by atoms with van der Waals surface area (Å²) in [5, 5.41) is 2.31. The van der Waals surface area contributed by atoms with Crippen LogP contribution in [0.4, 0.5) is 0 Å². The number of aromatic nitrogens is 1. The van der Waals surface area contributed by atoms with Gasteiger partial charge in [-0.1, -0.05) is 51.1 Å². The van der Waals surface area contributed by atoms with E-state index in [1.807, 2.05) is 24.4 Å². The molecule has 114 valence electrons. The van der Waals surface area contributed by atoms with E-state index in [-0.39, 0.29) is 5.41 Å². The van der Waals surface area contributed by atoms with Gasteiger partial charge < -0.3 is 4.42 Å². The highest BCUT2D eigenvalue weighted by Gasteiger charge is 2.14. The Kier molecular flexibility index (Phi) is 3.02. The molecular formula is C21H19NO. The van der Waals surface area contributed by atoms with Gasteiger partial charge in [-0.15, -0.1) is 0 Å². The average Bonchev–Trinajstić information content (AvgIpc) is 2.92. The fourth-order valence-electron chi connectivity index (χ4n) is 2.89. The molecule has 2 heteroatoms. The van der Waals surface area contributed by atoms with Gasteiger partial charge >= 0.3 is 0 Å². The average molecular weight is 301 g/mol. The Morgan fingerprint density at radius 2 is 1.61 bits per heavy atom. The summed E-state index contributed by atoms with van der Waals surface area (Å²) in [5.41, 5.74) is 5.25. The fourth-order valence-corrected chi connectivity index (χ4v) is 2.89. The summed E-state index contributed by atoms with van der Waals surface area (Å²) in [7, 11) is 0. The Balaban J connectivity index is 1.81. The molecule has 0 unspecified atom stereocenters. The zero-order valence-electron chi connectivity index (χ0n) is 13.6. The van der Waals surface area contributed by atoms with Crippen LogP contribution in [0.2, 0.25) is 0 Å². The molecule has 0 N–H and O–H groups in total. The van der Waals surface area contributed by atoms with Crippen molar-refractivity contribution in [2.75, 3.05) is 0 Å². The van der Waals surface area contributed by atoms with Gasteiger partial charge in [0.25, 0.3) is 0 Å². The lowest BCUT2D eigenvalue weighted by Crippen LogP contribution is -2.11. The lowest BCUT2D eigenvalue weighted by molar-refractivity contribution is 0.587. The smallest absolute Gasteiger partial charge is 0.136 e. The largest absolute Gasteiger partial charge is 0.456 e. The molecule has 2 aromatic carbocycles. The zero-order chi connectivity index (χ0) is 16.0. The highest BCUT2D eigenvalue weighted by molar-refractivity contribution is 6.05. The first-order chi connectivity index (χ1) is 11.0. The van der Waals surface area contributed by atoms with Crippen LogP contribution < -0.4 is 0 Å². The molecule has 0 aliphatic heterocycles. The molecule has 0 spiro atoms. The number of para-hydroxylation sites is 1. The summed E-state index contributed by atoms with van der Waals surface area (Å²) in [6.45, 7) is 6.60. The van der Waals surface area contributed by atoms with Crippen LogP contribution in [0.15, 0.2) is 65.2 Å². The lowest BCUT2D eigenvalue weighted by Gasteiger charge is -2.18. The molecule has 2 nitrogen and oxygen atoms in total. The van der Waals surface area contributed by atoms with Gasteiger partial charge in [-0.3, -0.25) is 4.98 Å². The van der Waals surface area contributed by atoms with Crippen LogP contribution in [-0.2, 0) is 5.41 Å². The monoisotopic (exact) mass is 301 g/mol. The minimum atomic E-state index is 0.119. The third-order valence-corrected chi connectivity index (χ3v) is 4.30. The first-order valence-corrected chi connectivity index (χ1v) is 7.90. The molecule has 0 radical (unpaired) electrons. The van der Waals surface area contributed by atoms with Crippen molar-refractivity contribution in [2.45, 2.75) is 26.2 Å². The van der Waals surface area contributed by atoms with E-state index in [0.29, 0.717) is 0 Å². The number of pyridine rings is 1. The number of hydrogen-bond donors (Lipinski definition) is 0. The highest BCUT2D eigenvalue weighted by Crippen LogP contribution is 2.32. The highest BCUT2D eigenvalue weighted by atomic mass is 16.3. The van der Waals surface area contributed by atoms with E-state index in [4.69, 9.17) is 4.42 Å². The molecule has 0 fully saturated rings. The van der Waals surface area contributed by atoms with Crippen LogP contribution in [0.3, 0.4) is 0 Å². The molecule has 0 amide bonds. The SMILES string of the molecule is CC(C)(C)c1ccc(-c2ccc3c(c2)oc2ccccc23)nc1. The van der Waals surface area contributed by atoms with Gasteiger partial charge in [-0.05, 0) is 35.2 Å². The molecule has 4 rings (SSSR count). The molecule has 0 bridgehead atoms. The molecule has 0 saturated carbocycles. The molecule has 0 aliphatic rings. The predicted octanol–water partition coefficient (Wildman–Crippen LogP) is 5.95. The van der Waals surface area contributed by atoms with Crippen LogP contribution in [0, 0.1) is 0 Å². The number of furan rings is 1. The normalized spacial score (nSPS) is 12.1. The van der Waals surface area contributed by atoms with Gasteiger partial charge in [0, 0.05) is 22.5 Å². The van der Waals surface area contributed by atoms with Crippen molar-refractivity contribution in [2.24, 2.45) is 0 Å². The van der Waals surface area contributed by atoms with Crippen molar-refractivity contribution in [1.82, 2.24) is 4.98 Å². The van der Waals surface area contributed by atoms with Crippen molar-refractivity contribution in [3.63, 3.8) is 0 Å². The Morgan fingerprint density at radius 1 is 0.826 bits per heavy atom. The maximum Gasteiger partial charge on any atom is 0.136 e. The number of rotatable bonds is 1. The molecule has 0 atom stereocenters. The molecule has 23 heavy (non-hydrogen) atoms. The first kappa shape index (κ1) is 14.0. The molecule has 0 saturated heterocycles. The van der Waals surface area contributed by atoms with Gasteiger partial charge in [0.2, 0.25) is 0 Å². The predicted molar refractivity (Wildman–Crippen MR) is 95.7 cm³/mol. The third kappa shape index (κ3) is 2.40. The van der Waals surface area contributed by atoms with Gasteiger partial charge in [-0.25, -0.2) is 0 Å². The fraction of sp³-hybridized carbons (Fsp3) is 0.190. The Hall–Kier alpha value is -2.61. The zero-order valence-corrected chi connectivity index (χ0v) is 13.6. The maximum absolute atomic E-state index is 5.96. The minimum Gasteiger partial charge on any atom is -0.456 e. The second-order valence-electron chi connectivity index (χ2n) is 6.99. The Bertz CT molecular complexity index is 988. The van der Waals surface area contributed by atoms with Crippen molar-refractivity contribution in [3.8, 4) is 11.3 Å². The maximum atomic E-state index is 5.96. The quantitative estimate of drug-likeness (QED) is 0.434. The van der Waals surface area contributed by atoms with Gasteiger partial charge in [0.05, 0.1) is 5.69 Å². The third-order valence-electron chi connectivity index (χ3n) is 4.30. The van der Waals surface area contributed by atoms with Crippen LogP contribution in [0.1, 0.15) is 26.3 Å². The summed E-state index contributed by atoms with van der Waals surface area (Å²) in [4.78, 5) is 4.63. The van der Waals surface area contributed by atoms with Crippen molar-refractivity contribution in [3.05, 3.63) is 66.4 Å². The van der Waals surface area contributed by atoms with E-state index < -0.39 is 0 Å².